The second-order valence-electron chi connectivity index (χ2n) is 8.37. The first-order chi connectivity index (χ1) is 13.0. The van der Waals surface area contributed by atoms with Crippen LogP contribution in [0.2, 0.25) is 0 Å². The molecule has 2 unspecified atom stereocenters. The van der Waals surface area contributed by atoms with Crippen molar-refractivity contribution in [2.75, 3.05) is 19.6 Å². The topological polar surface area (TPSA) is 49.4 Å². The monoisotopic (exact) mass is 398 g/mol. The molecule has 156 valence electrons. The van der Waals surface area contributed by atoms with Gasteiger partial charge in [-0.05, 0) is 23.5 Å². The van der Waals surface area contributed by atoms with E-state index in [1.54, 1.807) is 11.0 Å². The molecule has 0 spiro atoms. The van der Waals surface area contributed by atoms with Gasteiger partial charge in [-0.2, -0.15) is 13.2 Å². The Bertz CT molecular complexity index is 701. The van der Waals surface area contributed by atoms with E-state index < -0.39 is 23.6 Å². The van der Waals surface area contributed by atoms with E-state index >= 15 is 0 Å². The van der Waals surface area contributed by atoms with Crippen molar-refractivity contribution in [1.29, 1.82) is 0 Å². The van der Waals surface area contributed by atoms with Crippen LogP contribution >= 0.6 is 0 Å². The zero-order chi connectivity index (χ0) is 21.1. The normalized spacial score (nSPS) is 20.1. The third-order valence-electron chi connectivity index (χ3n) is 4.92. The molecule has 1 saturated heterocycles. The number of amides is 2. The highest BCUT2D eigenvalue weighted by molar-refractivity contribution is 5.83. The maximum atomic E-state index is 13.1. The van der Waals surface area contributed by atoms with E-state index in [1.165, 1.54) is 6.07 Å². The van der Waals surface area contributed by atoms with Gasteiger partial charge in [-0.1, -0.05) is 45.9 Å². The van der Waals surface area contributed by atoms with E-state index in [9.17, 15) is 22.8 Å². The number of alkyl halides is 3. The third kappa shape index (κ3) is 5.72. The van der Waals surface area contributed by atoms with E-state index in [4.69, 9.17) is 0 Å². The molecule has 28 heavy (non-hydrogen) atoms. The van der Waals surface area contributed by atoms with Gasteiger partial charge in [0.25, 0.3) is 0 Å². The first-order valence-electron chi connectivity index (χ1n) is 9.71. The van der Waals surface area contributed by atoms with Gasteiger partial charge in [0.15, 0.2) is 0 Å². The summed E-state index contributed by atoms with van der Waals surface area (Å²) in [5.74, 6) is -0.852. The highest BCUT2D eigenvalue weighted by Gasteiger charge is 2.41. The summed E-state index contributed by atoms with van der Waals surface area (Å²) < 4.78 is 39.4. The van der Waals surface area contributed by atoms with Crippen LogP contribution in [0.25, 0.3) is 0 Å². The van der Waals surface area contributed by atoms with Crippen molar-refractivity contribution in [3.8, 4) is 0 Å². The number of hydrogen-bond acceptors (Lipinski definition) is 2. The molecule has 0 saturated carbocycles. The molecule has 1 heterocycles. The highest BCUT2D eigenvalue weighted by atomic mass is 19.4. The summed E-state index contributed by atoms with van der Waals surface area (Å²) in [6, 6.07) is 5.09. The quantitative estimate of drug-likeness (QED) is 0.786. The lowest BCUT2D eigenvalue weighted by molar-refractivity contribution is -0.137. The minimum Gasteiger partial charge on any atom is -0.356 e. The summed E-state index contributed by atoms with van der Waals surface area (Å²) >= 11 is 0. The Morgan fingerprint density at radius 1 is 1.14 bits per heavy atom. The van der Waals surface area contributed by atoms with Crippen molar-refractivity contribution >= 4 is 11.8 Å². The lowest BCUT2D eigenvalue weighted by Gasteiger charge is -2.20. The average Bonchev–Trinajstić information content (AvgIpc) is 3.04. The van der Waals surface area contributed by atoms with Crippen LogP contribution < -0.4 is 5.32 Å². The Morgan fingerprint density at radius 3 is 2.39 bits per heavy atom. The minimum atomic E-state index is -4.45. The molecule has 2 atom stereocenters. The molecule has 1 aliphatic heterocycles. The molecular formula is C21H29F3N2O2. The van der Waals surface area contributed by atoms with Gasteiger partial charge in [-0.25, -0.2) is 0 Å². The van der Waals surface area contributed by atoms with Crippen molar-refractivity contribution in [3.05, 3.63) is 35.4 Å². The smallest absolute Gasteiger partial charge is 0.356 e. The minimum absolute atomic E-state index is 0.0638. The van der Waals surface area contributed by atoms with E-state index in [-0.39, 0.29) is 36.7 Å². The van der Waals surface area contributed by atoms with Crippen LogP contribution in [0.4, 0.5) is 13.2 Å². The second kappa shape index (κ2) is 8.97. The van der Waals surface area contributed by atoms with E-state index in [0.717, 1.165) is 12.1 Å². The summed E-state index contributed by atoms with van der Waals surface area (Å²) in [6.45, 7) is 8.79. The van der Waals surface area contributed by atoms with Crippen molar-refractivity contribution in [2.24, 2.45) is 17.8 Å². The molecule has 1 aromatic rings. The fourth-order valence-corrected chi connectivity index (χ4v) is 3.47. The summed E-state index contributed by atoms with van der Waals surface area (Å²) in [4.78, 5) is 26.9. The predicted molar refractivity (Wildman–Crippen MR) is 102 cm³/mol. The molecule has 0 bridgehead atoms. The van der Waals surface area contributed by atoms with E-state index in [0.29, 0.717) is 18.5 Å². The van der Waals surface area contributed by atoms with Crippen molar-refractivity contribution in [3.63, 3.8) is 0 Å². The molecule has 0 aliphatic carbocycles. The molecule has 2 rings (SSSR count). The number of hydrogen-bond donors (Lipinski definition) is 1. The third-order valence-corrected chi connectivity index (χ3v) is 4.92. The first kappa shape index (κ1) is 22.2. The number of carbonyl (C=O) groups is 2. The number of likely N-dealkylation sites (tertiary alicyclic amines) is 1. The first-order valence-corrected chi connectivity index (χ1v) is 9.71. The molecule has 2 amide bonds. The molecule has 0 aromatic heterocycles. The Balaban J connectivity index is 2.29. The van der Waals surface area contributed by atoms with Gasteiger partial charge < -0.3 is 10.2 Å². The Hall–Kier alpha value is -2.05. The van der Waals surface area contributed by atoms with Crippen LogP contribution in [0.15, 0.2) is 24.3 Å². The van der Waals surface area contributed by atoms with Crippen LogP contribution in [0, 0.1) is 17.8 Å². The molecular weight excluding hydrogens is 369 g/mol. The van der Waals surface area contributed by atoms with Crippen LogP contribution in [-0.2, 0) is 15.8 Å². The average molecular weight is 398 g/mol. The summed E-state index contributed by atoms with van der Waals surface area (Å²) in [5.41, 5.74) is -0.294. The largest absolute Gasteiger partial charge is 0.416 e. The zero-order valence-corrected chi connectivity index (χ0v) is 16.8. The Morgan fingerprint density at radius 2 is 1.82 bits per heavy atom. The predicted octanol–water partition coefficient (Wildman–Crippen LogP) is 4.07. The number of rotatable bonds is 6. The second-order valence-corrected chi connectivity index (χ2v) is 8.37. The standard InChI is InChI=1S/C21H29F3N2O2/c1-13(2)8-19(27)26-11-17(18(12-26)20(28)25-10-14(3)4)15-6-5-7-16(9-15)21(22,23)24/h5-7,9,13-14,17-18H,8,10-12H2,1-4H3,(H,25,28). The fraction of sp³-hybridized carbons (Fsp3) is 0.619. The Kier molecular flexibility index (Phi) is 7.12. The molecule has 0 radical (unpaired) electrons. The van der Waals surface area contributed by atoms with Crippen molar-refractivity contribution < 1.29 is 22.8 Å². The SMILES string of the molecule is CC(C)CNC(=O)C1CN(C(=O)CC(C)C)CC1c1cccc(C(F)(F)F)c1. The molecule has 4 nitrogen and oxygen atoms in total. The molecule has 1 N–H and O–H groups in total. The summed E-state index contributed by atoms with van der Waals surface area (Å²) in [6.07, 6.45) is -4.09. The molecule has 7 heteroatoms. The van der Waals surface area contributed by atoms with Crippen LogP contribution in [-0.4, -0.2) is 36.3 Å². The molecule has 1 aromatic carbocycles. The van der Waals surface area contributed by atoms with Gasteiger partial charge in [0.05, 0.1) is 11.5 Å². The van der Waals surface area contributed by atoms with Gasteiger partial charge in [0, 0.05) is 32.0 Å². The summed E-state index contributed by atoms with van der Waals surface area (Å²) in [5, 5.41) is 2.87. The Labute approximate surface area is 164 Å². The molecule has 1 fully saturated rings. The lowest BCUT2D eigenvalue weighted by atomic mass is 9.87. The van der Waals surface area contributed by atoms with Crippen molar-refractivity contribution in [1.82, 2.24) is 10.2 Å². The fourth-order valence-electron chi connectivity index (χ4n) is 3.47. The summed E-state index contributed by atoms with van der Waals surface area (Å²) in [7, 11) is 0. The highest BCUT2D eigenvalue weighted by Crippen LogP contribution is 2.37. The lowest BCUT2D eigenvalue weighted by Crippen LogP contribution is -2.37. The van der Waals surface area contributed by atoms with Crippen LogP contribution in [0.3, 0.4) is 0 Å². The zero-order valence-electron chi connectivity index (χ0n) is 16.8. The van der Waals surface area contributed by atoms with Crippen molar-refractivity contribution in [2.45, 2.75) is 46.2 Å². The van der Waals surface area contributed by atoms with Crippen LogP contribution in [0.1, 0.15) is 51.2 Å². The maximum absolute atomic E-state index is 13.1. The number of benzene rings is 1. The number of halogens is 3. The molecule has 1 aliphatic rings. The van der Waals surface area contributed by atoms with Gasteiger partial charge in [0.1, 0.15) is 0 Å². The van der Waals surface area contributed by atoms with Gasteiger partial charge >= 0.3 is 6.18 Å². The van der Waals surface area contributed by atoms with Crippen LogP contribution in [0.5, 0.6) is 0 Å². The number of nitrogens with zero attached hydrogens (tertiary/aromatic N) is 1. The number of carbonyl (C=O) groups excluding carboxylic acids is 2. The van der Waals surface area contributed by atoms with E-state index in [2.05, 4.69) is 5.32 Å². The van der Waals surface area contributed by atoms with E-state index in [1.807, 2.05) is 27.7 Å². The van der Waals surface area contributed by atoms with Gasteiger partial charge in [0.2, 0.25) is 11.8 Å². The van der Waals surface area contributed by atoms with Gasteiger partial charge in [-0.15, -0.1) is 0 Å². The van der Waals surface area contributed by atoms with Gasteiger partial charge in [-0.3, -0.25) is 9.59 Å². The number of nitrogens with one attached hydrogen (secondary N) is 1. The maximum Gasteiger partial charge on any atom is 0.416 e.